The summed E-state index contributed by atoms with van der Waals surface area (Å²) < 4.78 is 0. The third-order valence-electron chi connectivity index (χ3n) is 4.82. The molecule has 1 N–H and O–H groups in total. The zero-order valence-corrected chi connectivity index (χ0v) is 16.0. The smallest absolute Gasteiger partial charge is 0.271 e. The second kappa shape index (κ2) is 7.90. The molecule has 144 valence electrons. The molecule has 0 unspecified atom stereocenters. The minimum Gasteiger partial charge on any atom is -0.353 e. The van der Waals surface area contributed by atoms with Crippen LogP contribution in [0.5, 0.6) is 0 Å². The van der Waals surface area contributed by atoms with Crippen LogP contribution < -0.4 is 15.3 Å². The van der Waals surface area contributed by atoms with E-state index in [4.69, 9.17) is 11.6 Å². The van der Waals surface area contributed by atoms with Crippen LogP contribution in [0.15, 0.2) is 60.4 Å². The molecular weight excluding hydrogens is 378 g/mol. The summed E-state index contributed by atoms with van der Waals surface area (Å²) in [7, 11) is 0. The Balaban J connectivity index is 1.41. The van der Waals surface area contributed by atoms with Crippen LogP contribution in [0.1, 0.15) is 6.42 Å². The number of piperazine rings is 1. The number of carbonyl (C=O) groups is 2. The topological polar surface area (TPSA) is 68.8 Å². The van der Waals surface area contributed by atoms with Crippen LogP contribution in [0.2, 0.25) is 5.02 Å². The monoisotopic (exact) mass is 397 g/mol. The predicted molar refractivity (Wildman–Crippen MR) is 108 cm³/mol. The lowest BCUT2D eigenvalue weighted by Crippen LogP contribution is -2.53. The Hall–Kier alpha value is -3.06. The molecule has 2 aliphatic heterocycles. The van der Waals surface area contributed by atoms with Gasteiger partial charge in [0.1, 0.15) is 11.5 Å². The van der Waals surface area contributed by atoms with Gasteiger partial charge in [0, 0.05) is 43.8 Å². The van der Waals surface area contributed by atoms with Gasteiger partial charge in [0.05, 0.1) is 5.69 Å². The van der Waals surface area contributed by atoms with Gasteiger partial charge in [-0.2, -0.15) is 0 Å². The quantitative estimate of drug-likeness (QED) is 0.860. The molecule has 4 rings (SSSR count). The molecule has 0 radical (unpaired) electrons. The first-order valence-electron chi connectivity index (χ1n) is 9.12. The van der Waals surface area contributed by atoms with Crippen molar-refractivity contribution in [2.75, 3.05) is 36.1 Å². The summed E-state index contributed by atoms with van der Waals surface area (Å²) in [6.45, 7) is 2.64. The molecule has 2 aromatic rings. The highest BCUT2D eigenvalue weighted by molar-refractivity contribution is 6.30. The van der Waals surface area contributed by atoms with E-state index >= 15 is 0 Å². The molecule has 0 atom stereocenters. The van der Waals surface area contributed by atoms with E-state index in [2.05, 4.69) is 15.3 Å². The molecule has 1 saturated heterocycles. The van der Waals surface area contributed by atoms with E-state index < -0.39 is 0 Å². The lowest BCUT2D eigenvalue weighted by molar-refractivity contribution is -0.128. The Labute approximate surface area is 168 Å². The van der Waals surface area contributed by atoms with E-state index in [1.807, 2.05) is 18.2 Å². The maximum atomic E-state index is 12.9. The van der Waals surface area contributed by atoms with Gasteiger partial charge in [0.25, 0.3) is 5.91 Å². The first-order valence-corrected chi connectivity index (χ1v) is 9.50. The van der Waals surface area contributed by atoms with Gasteiger partial charge in [-0.3, -0.25) is 15.0 Å². The zero-order chi connectivity index (χ0) is 19.5. The molecule has 1 aromatic heterocycles. The average Bonchev–Trinajstić information content (AvgIpc) is 2.75. The number of amides is 2. The van der Waals surface area contributed by atoms with Gasteiger partial charge in [-0.05, 0) is 42.5 Å². The van der Waals surface area contributed by atoms with Gasteiger partial charge in [0.15, 0.2) is 0 Å². The van der Waals surface area contributed by atoms with Crippen LogP contribution in [0.25, 0.3) is 0 Å². The minimum absolute atomic E-state index is 0.105. The van der Waals surface area contributed by atoms with Crippen molar-refractivity contribution in [1.82, 2.24) is 15.3 Å². The molecule has 28 heavy (non-hydrogen) atoms. The maximum absolute atomic E-state index is 12.9. The van der Waals surface area contributed by atoms with E-state index in [-0.39, 0.29) is 18.2 Å². The number of hydrogen-bond acceptors (Lipinski definition) is 5. The first-order chi connectivity index (χ1) is 13.6. The van der Waals surface area contributed by atoms with Gasteiger partial charge < -0.3 is 9.80 Å². The van der Waals surface area contributed by atoms with Gasteiger partial charge in [-0.15, -0.1) is 0 Å². The highest BCUT2D eigenvalue weighted by Crippen LogP contribution is 2.21. The Morgan fingerprint density at radius 2 is 1.79 bits per heavy atom. The Bertz CT molecular complexity index is 893. The van der Waals surface area contributed by atoms with Crippen LogP contribution in [0.4, 0.5) is 11.5 Å². The van der Waals surface area contributed by atoms with Gasteiger partial charge in [-0.25, -0.2) is 9.99 Å². The minimum atomic E-state index is -0.126. The number of nitrogens with zero attached hydrogens (tertiary/aromatic N) is 4. The number of hydrogen-bond donors (Lipinski definition) is 1. The highest BCUT2D eigenvalue weighted by Gasteiger charge is 2.29. The van der Waals surface area contributed by atoms with Crippen molar-refractivity contribution in [1.29, 1.82) is 0 Å². The van der Waals surface area contributed by atoms with Crippen molar-refractivity contribution in [2.45, 2.75) is 6.42 Å². The average molecular weight is 398 g/mol. The first kappa shape index (κ1) is 18.3. The summed E-state index contributed by atoms with van der Waals surface area (Å²) in [5.74, 6) is 0.690. The fraction of sp³-hybridized carbons (Fsp3) is 0.250. The van der Waals surface area contributed by atoms with Crippen LogP contribution >= 0.6 is 11.6 Å². The van der Waals surface area contributed by atoms with Crippen molar-refractivity contribution in [3.8, 4) is 0 Å². The molecular formula is C20H20ClN5O2. The summed E-state index contributed by atoms with van der Waals surface area (Å²) in [4.78, 5) is 33.5. The van der Waals surface area contributed by atoms with Crippen molar-refractivity contribution < 1.29 is 9.59 Å². The van der Waals surface area contributed by atoms with Crippen molar-refractivity contribution in [3.63, 3.8) is 0 Å². The molecule has 7 nitrogen and oxygen atoms in total. The standard InChI is InChI=1S/C20H20ClN5O2/c21-15-4-6-16(7-5-15)26-19(27)9-8-17(23-26)20(28)25-13-11-24(12-14-25)18-3-1-2-10-22-18/h1-8,10,23H,9,11-14H2. The van der Waals surface area contributed by atoms with E-state index in [1.165, 1.54) is 5.01 Å². The van der Waals surface area contributed by atoms with Crippen molar-refractivity contribution in [2.24, 2.45) is 0 Å². The normalized spacial score (nSPS) is 17.2. The molecule has 0 spiro atoms. The predicted octanol–water partition coefficient (Wildman–Crippen LogP) is 2.21. The molecule has 1 aromatic carbocycles. The van der Waals surface area contributed by atoms with Crippen LogP contribution in [-0.4, -0.2) is 47.9 Å². The SMILES string of the molecule is O=C(C1=CCC(=O)N(c2ccc(Cl)cc2)N1)N1CCN(c2ccccn2)CC1. The fourth-order valence-electron chi connectivity index (χ4n) is 3.29. The molecule has 1 fully saturated rings. The van der Waals surface area contributed by atoms with Crippen molar-refractivity contribution in [3.05, 3.63) is 65.5 Å². The summed E-state index contributed by atoms with van der Waals surface area (Å²) in [5, 5.41) is 1.99. The molecule has 0 aliphatic carbocycles. The largest absolute Gasteiger partial charge is 0.353 e. The molecule has 0 bridgehead atoms. The molecule has 8 heteroatoms. The Kier molecular flexibility index (Phi) is 5.16. The molecule has 3 heterocycles. The fourth-order valence-corrected chi connectivity index (χ4v) is 3.42. The Morgan fingerprint density at radius 3 is 2.46 bits per heavy atom. The summed E-state index contributed by atoms with van der Waals surface area (Å²) in [6.07, 6.45) is 3.60. The number of hydrazine groups is 1. The summed E-state index contributed by atoms with van der Waals surface area (Å²) in [6, 6.07) is 12.7. The van der Waals surface area contributed by atoms with E-state index in [9.17, 15) is 9.59 Å². The second-order valence-electron chi connectivity index (χ2n) is 6.61. The highest BCUT2D eigenvalue weighted by atomic mass is 35.5. The number of halogens is 1. The number of rotatable bonds is 3. The van der Waals surface area contributed by atoms with Gasteiger partial charge in [-0.1, -0.05) is 17.7 Å². The Morgan fingerprint density at radius 1 is 1.04 bits per heavy atom. The lowest BCUT2D eigenvalue weighted by atomic mass is 10.2. The number of nitrogens with one attached hydrogen (secondary N) is 1. The third kappa shape index (κ3) is 3.80. The number of aromatic nitrogens is 1. The molecule has 2 amide bonds. The van der Waals surface area contributed by atoms with E-state index in [0.717, 1.165) is 18.9 Å². The van der Waals surface area contributed by atoms with Gasteiger partial charge in [0.2, 0.25) is 5.91 Å². The summed E-state index contributed by atoms with van der Waals surface area (Å²) in [5.41, 5.74) is 4.03. The molecule has 0 saturated carbocycles. The molecule has 2 aliphatic rings. The lowest BCUT2D eigenvalue weighted by Gasteiger charge is -2.37. The van der Waals surface area contributed by atoms with Crippen LogP contribution in [0, 0.1) is 0 Å². The number of carbonyl (C=O) groups excluding carboxylic acids is 2. The van der Waals surface area contributed by atoms with Crippen molar-refractivity contribution >= 4 is 34.9 Å². The van der Waals surface area contributed by atoms with E-state index in [1.54, 1.807) is 41.4 Å². The van der Waals surface area contributed by atoms with Crippen LogP contribution in [0.3, 0.4) is 0 Å². The van der Waals surface area contributed by atoms with Gasteiger partial charge >= 0.3 is 0 Å². The zero-order valence-electron chi connectivity index (χ0n) is 15.2. The summed E-state index contributed by atoms with van der Waals surface area (Å²) >= 11 is 5.92. The number of pyridine rings is 1. The van der Waals surface area contributed by atoms with E-state index in [0.29, 0.717) is 29.5 Å². The maximum Gasteiger partial charge on any atom is 0.271 e. The second-order valence-corrected chi connectivity index (χ2v) is 7.04. The third-order valence-corrected chi connectivity index (χ3v) is 5.07. The number of anilines is 2. The number of benzene rings is 1. The van der Waals surface area contributed by atoms with Crippen LogP contribution in [-0.2, 0) is 9.59 Å².